The Balaban J connectivity index is 1.25. The summed E-state index contributed by atoms with van der Waals surface area (Å²) in [6.07, 6.45) is 3.06. The van der Waals surface area contributed by atoms with E-state index in [1.165, 1.54) is 16.7 Å². The molecule has 0 radical (unpaired) electrons. The molecule has 1 aliphatic rings. The summed E-state index contributed by atoms with van der Waals surface area (Å²) >= 11 is 7.69. The van der Waals surface area contributed by atoms with Gasteiger partial charge in [0.2, 0.25) is 11.8 Å². The van der Waals surface area contributed by atoms with Crippen molar-refractivity contribution >= 4 is 34.8 Å². The Labute approximate surface area is 210 Å². The first-order valence-electron chi connectivity index (χ1n) is 11.7. The average Bonchev–Trinajstić information content (AvgIpc) is 3.48. The first kappa shape index (κ1) is 24.4. The highest BCUT2D eigenvalue weighted by Crippen LogP contribution is 2.33. The van der Waals surface area contributed by atoms with Crippen LogP contribution in [0, 0.1) is 13.8 Å². The molecule has 1 aliphatic heterocycles. The Morgan fingerprint density at radius 2 is 1.91 bits per heavy atom. The lowest BCUT2D eigenvalue weighted by atomic mass is 9.99. The fourth-order valence-electron chi connectivity index (χ4n) is 4.57. The number of likely N-dealkylation sites (tertiary alicyclic amines) is 1. The number of thiazole rings is 1. The van der Waals surface area contributed by atoms with Gasteiger partial charge in [-0.15, -0.1) is 11.3 Å². The third kappa shape index (κ3) is 6.05. The topological polar surface area (TPSA) is 62.3 Å². The van der Waals surface area contributed by atoms with Crippen molar-refractivity contribution in [2.45, 2.75) is 58.5 Å². The van der Waals surface area contributed by atoms with Gasteiger partial charge in [-0.3, -0.25) is 9.59 Å². The Morgan fingerprint density at radius 1 is 1.15 bits per heavy atom. The van der Waals surface area contributed by atoms with Crippen LogP contribution in [0.1, 0.15) is 64.7 Å². The van der Waals surface area contributed by atoms with E-state index in [4.69, 9.17) is 11.6 Å². The molecule has 0 saturated carbocycles. The zero-order chi connectivity index (χ0) is 24.1. The summed E-state index contributed by atoms with van der Waals surface area (Å²) in [7, 11) is 0. The molecule has 1 saturated heterocycles. The van der Waals surface area contributed by atoms with Gasteiger partial charge in [-0.25, -0.2) is 4.98 Å². The molecule has 1 atom stereocenters. The number of nitrogens with one attached hydrogen (secondary N) is 1. The van der Waals surface area contributed by atoms with Gasteiger partial charge in [-0.05, 0) is 61.1 Å². The minimum atomic E-state index is -0.127. The zero-order valence-corrected chi connectivity index (χ0v) is 21.2. The molecular formula is C27H30ClN3O2S. The minimum Gasteiger partial charge on any atom is -0.350 e. The number of aryl methyl sites for hydroxylation is 2. The van der Waals surface area contributed by atoms with Gasteiger partial charge in [-0.2, -0.15) is 0 Å². The number of nitrogens with zero attached hydrogens (tertiary/aromatic N) is 2. The molecule has 4 rings (SSSR count). The van der Waals surface area contributed by atoms with E-state index in [9.17, 15) is 9.59 Å². The molecule has 5 nitrogen and oxygen atoms in total. The zero-order valence-electron chi connectivity index (χ0n) is 19.6. The van der Waals surface area contributed by atoms with Crippen molar-refractivity contribution in [2.75, 3.05) is 6.54 Å². The number of amides is 2. The maximum absolute atomic E-state index is 12.8. The highest BCUT2D eigenvalue weighted by molar-refractivity contribution is 7.09. The normalized spacial score (nSPS) is 15.5. The third-order valence-corrected chi connectivity index (χ3v) is 7.54. The third-order valence-electron chi connectivity index (χ3n) is 6.41. The minimum absolute atomic E-state index is 0.0164. The first-order chi connectivity index (χ1) is 16.4. The quantitative estimate of drug-likeness (QED) is 0.432. The molecule has 3 aromatic rings. The molecule has 0 spiro atoms. The number of benzene rings is 2. The highest BCUT2D eigenvalue weighted by Gasteiger charge is 2.30. The van der Waals surface area contributed by atoms with Crippen LogP contribution < -0.4 is 5.32 Å². The Bertz CT molecular complexity index is 1160. The lowest BCUT2D eigenvalue weighted by molar-refractivity contribution is -0.134. The van der Waals surface area contributed by atoms with Crippen LogP contribution in [-0.2, 0) is 22.6 Å². The predicted molar refractivity (Wildman–Crippen MR) is 137 cm³/mol. The Kier molecular flexibility index (Phi) is 8.01. The van der Waals surface area contributed by atoms with Gasteiger partial charge in [0.1, 0.15) is 5.01 Å². The maximum Gasteiger partial charge on any atom is 0.223 e. The van der Waals surface area contributed by atoms with Gasteiger partial charge in [0, 0.05) is 36.2 Å². The van der Waals surface area contributed by atoms with Crippen LogP contribution in [-0.4, -0.2) is 28.2 Å². The lowest BCUT2D eigenvalue weighted by Crippen LogP contribution is -2.32. The van der Waals surface area contributed by atoms with Crippen molar-refractivity contribution in [1.29, 1.82) is 0 Å². The van der Waals surface area contributed by atoms with Crippen LogP contribution in [0.2, 0.25) is 5.02 Å². The summed E-state index contributed by atoms with van der Waals surface area (Å²) < 4.78 is 0. The van der Waals surface area contributed by atoms with Crippen molar-refractivity contribution < 1.29 is 9.59 Å². The summed E-state index contributed by atoms with van der Waals surface area (Å²) in [5.74, 6) is -0.110. The molecule has 2 heterocycles. The van der Waals surface area contributed by atoms with Gasteiger partial charge in [0.15, 0.2) is 0 Å². The highest BCUT2D eigenvalue weighted by atomic mass is 35.5. The van der Waals surface area contributed by atoms with Crippen molar-refractivity contribution in [3.05, 3.63) is 85.8 Å². The summed E-state index contributed by atoms with van der Waals surface area (Å²) in [4.78, 5) is 31.8. The van der Waals surface area contributed by atoms with Crippen molar-refractivity contribution in [3.63, 3.8) is 0 Å². The molecule has 0 bridgehead atoms. The largest absolute Gasteiger partial charge is 0.350 e. The van der Waals surface area contributed by atoms with E-state index in [-0.39, 0.29) is 30.7 Å². The second-order valence-electron chi connectivity index (χ2n) is 8.86. The molecule has 1 N–H and O–H groups in total. The van der Waals surface area contributed by atoms with Crippen molar-refractivity contribution in [3.8, 4) is 0 Å². The summed E-state index contributed by atoms with van der Waals surface area (Å²) in [5.41, 5.74) is 5.91. The smallest absolute Gasteiger partial charge is 0.223 e. The maximum atomic E-state index is 12.8. The SMILES string of the molecule is Cc1cccc(C)c1Cc1csc(CNC(=O)CCC(=O)N2CCCC2c2cccc(Cl)c2)n1. The fourth-order valence-corrected chi connectivity index (χ4v) is 5.50. The van der Waals surface area contributed by atoms with E-state index in [0.717, 1.165) is 42.1 Å². The first-order valence-corrected chi connectivity index (χ1v) is 13.0. The Hall–Kier alpha value is -2.70. The standard InChI is InChI=1S/C27H30ClN3O2S/c1-18-6-3-7-19(2)23(18)15-22-17-34-26(30-22)16-29-25(32)11-12-27(33)31-13-5-10-24(31)20-8-4-9-21(28)14-20/h3-4,6-9,14,17,24H,5,10-13,15-16H2,1-2H3,(H,29,32). The Morgan fingerprint density at radius 3 is 2.68 bits per heavy atom. The monoisotopic (exact) mass is 495 g/mol. The number of rotatable bonds is 8. The number of hydrogen-bond acceptors (Lipinski definition) is 4. The molecular weight excluding hydrogens is 466 g/mol. The van der Waals surface area contributed by atoms with Crippen LogP contribution >= 0.6 is 22.9 Å². The molecule has 7 heteroatoms. The van der Waals surface area contributed by atoms with E-state index in [1.54, 1.807) is 11.3 Å². The van der Waals surface area contributed by atoms with Gasteiger partial charge in [0.05, 0.1) is 18.3 Å². The molecule has 1 aromatic heterocycles. The van der Waals surface area contributed by atoms with E-state index in [1.807, 2.05) is 29.2 Å². The second kappa shape index (κ2) is 11.2. The van der Waals surface area contributed by atoms with E-state index >= 15 is 0 Å². The number of hydrogen-bond donors (Lipinski definition) is 1. The van der Waals surface area contributed by atoms with E-state index < -0.39 is 0 Å². The van der Waals surface area contributed by atoms with Crippen LogP contribution in [0.25, 0.3) is 0 Å². The summed E-state index contributed by atoms with van der Waals surface area (Å²) in [6.45, 7) is 5.35. The number of halogens is 1. The van der Waals surface area contributed by atoms with Crippen LogP contribution in [0.5, 0.6) is 0 Å². The van der Waals surface area contributed by atoms with Gasteiger partial charge in [0.25, 0.3) is 0 Å². The average molecular weight is 496 g/mol. The summed E-state index contributed by atoms with van der Waals surface area (Å²) in [6, 6.07) is 14.0. The number of carbonyl (C=O) groups is 2. The molecule has 1 fully saturated rings. The number of carbonyl (C=O) groups excluding carboxylic acids is 2. The van der Waals surface area contributed by atoms with Gasteiger partial charge < -0.3 is 10.2 Å². The number of aromatic nitrogens is 1. The second-order valence-corrected chi connectivity index (χ2v) is 10.2. The van der Waals surface area contributed by atoms with Gasteiger partial charge in [-0.1, -0.05) is 41.9 Å². The molecule has 178 valence electrons. The molecule has 0 aliphatic carbocycles. The fraction of sp³-hybridized carbons (Fsp3) is 0.370. The molecule has 1 unspecified atom stereocenters. The van der Waals surface area contributed by atoms with Gasteiger partial charge >= 0.3 is 0 Å². The molecule has 2 aromatic carbocycles. The van der Waals surface area contributed by atoms with E-state index in [0.29, 0.717) is 11.6 Å². The molecule has 34 heavy (non-hydrogen) atoms. The molecule has 2 amide bonds. The van der Waals surface area contributed by atoms with Crippen LogP contribution in [0.3, 0.4) is 0 Å². The van der Waals surface area contributed by atoms with Crippen molar-refractivity contribution in [1.82, 2.24) is 15.2 Å². The van der Waals surface area contributed by atoms with Crippen LogP contribution in [0.4, 0.5) is 0 Å². The van der Waals surface area contributed by atoms with Crippen molar-refractivity contribution in [2.24, 2.45) is 0 Å². The lowest BCUT2D eigenvalue weighted by Gasteiger charge is -2.25. The summed E-state index contributed by atoms with van der Waals surface area (Å²) in [5, 5.41) is 6.52. The predicted octanol–water partition coefficient (Wildman–Crippen LogP) is 5.76. The van der Waals surface area contributed by atoms with E-state index in [2.05, 4.69) is 47.7 Å². The van der Waals surface area contributed by atoms with Crippen LogP contribution in [0.15, 0.2) is 47.8 Å².